The van der Waals surface area contributed by atoms with E-state index in [9.17, 15) is 9.59 Å². The van der Waals surface area contributed by atoms with Gasteiger partial charge in [-0.2, -0.15) is 0 Å². The first-order chi connectivity index (χ1) is 11.6. The Labute approximate surface area is 140 Å². The molecule has 0 heterocycles. The zero-order chi connectivity index (χ0) is 17.4. The summed E-state index contributed by atoms with van der Waals surface area (Å²) in [6.45, 7) is 6.07. The summed E-state index contributed by atoms with van der Waals surface area (Å²) in [7, 11) is 0. The first-order valence-corrected chi connectivity index (χ1v) is 7.56. The zero-order valence-corrected chi connectivity index (χ0v) is 13.5. The van der Waals surface area contributed by atoms with E-state index in [1.54, 1.807) is 61.5 Å². The van der Waals surface area contributed by atoms with Gasteiger partial charge in [-0.25, -0.2) is 4.79 Å². The molecule has 0 saturated carbocycles. The minimum Gasteiger partial charge on any atom is -0.490 e. The third-order valence-corrected chi connectivity index (χ3v) is 3.14. The van der Waals surface area contributed by atoms with Crippen molar-refractivity contribution in [2.75, 3.05) is 18.5 Å². The van der Waals surface area contributed by atoms with Crippen molar-refractivity contribution in [1.29, 1.82) is 0 Å². The number of carbonyl (C=O) groups is 2. The Kier molecular flexibility index (Phi) is 6.14. The molecule has 124 valence electrons. The number of anilines is 1. The highest BCUT2D eigenvalue weighted by atomic mass is 16.5. The Morgan fingerprint density at radius 2 is 1.67 bits per heavy atom. The molecule has 24 heavy (non-hydrogen) atoms. The number of ether oxygens (including phenoxy) is 2. The van der Waals surface area contributed by atoms with E-state index in [2.05, 4.69) is 11.9 Å². The van der Waals surface area contributed by atoms with Gasteiger partial charge in [-0.05, 0) is 55.5 Å². The molecule has 1 amide bonds. The van der Waals surface area contributed by atoms with E-state index in [1.807, 2.05) is 0 Å². The van der Waals surface area contributed by atoms with Gasteiger partial charge in [0.15, 0.2) is 0 Å². The number of esters is 1. The van der Waals surface area contributed by atoms with Crippen LogP contribution in [0.15, 0.2) is 61.2 Å². The Bertz CT molecular complexity index is 705. The van der Waals surface area contributed by atoms with Crippen LogP contribution in [-0.4, -0.2) is 25.1 Å². The highest BCUT2D eigenvalue weighted by Crippen LogP contribution is 2.15. The van der Waals surface area contributed by atoms with Gasteiger partial charge in [-0.3, -0.25) is 4.79 Å². The fourth-order valence-corrected chi connectivity index (χ4v) is 1.97. The van der Waals surface area contributed by atoms with Crippen molar-refractivity contribution < 1.29 is 19.1 Å². The van der Waals surface area contributed by atoms with E-state index in [0.29, 0.717) is 35.8 Å². The van der Waals surface area contributed by atoms with E-state index < -0.39 is 0 Å². The summed E-state index contributed by atoms with van der Waals surface area (Å²) >= 11 is 0. The van der Waals surface area contributed by atoms with Crippen LogP contribution >= 0.6 is 0 Å². The van der Waals surface area contributed by atoms with Gasteiger partial charge in [0.2, 0.25) is 0 Å². The van der Waals surface area contributed by atoms with Gasteiger partial charge < -0.3 is 14.8 Å². The molecule has 0 saturated heterocycles. The predicted octanol–water partition coefficient (Wildman–Crippen LogP) is 3.68. The first-order valence-electron chi connectivity index (χ1n) is 7.56. The molecule has 5 nitrogen and oxygen atoms in total. The molecule has 0 aliphatic heterocycles. The predicted molar refractivity (Wildman–Crippen MR) is 92.5 cm³/mol. The van der Waals surface area contributed by atoms with Crippen molar-refractivity contribution >= 4 is 17.6 Å². The number of nitrogens with one attached hydrogen (secondary N) is 1. The molecule has 0 radical (unpaired) electrons. The SMILES string of the molecule is C=CCOc1ccc(C(=O)Nc2ccc(C(=O)OCC)cc2)cc1. The number of carbonyl (C=O) groups excluding carboxylic acids is 2. The van der Waals surface area contributed by atoms with Crippen molar-refractivity contribution in [3.05, 3.63) is 72.3 Å². The van der Waals surface area contributed by atoms with E-state index in [1.165, 1.54) is 0 Å². The Morgan fingerprint density at radius 1 is 1.04 bits per heavy atom. The molecule has 0 unspecified atom stereocenters. The van der Waals surface area contributed by atoms with Crippen LogP contribution in [0, 0.1) is 0 Å². The minimum atomic E-state index is -0.384. The zero-order valence-electron chi connectivity index (χ0n) is 13.5. The molecule has 0 aliphatic carbocycles. The summed E-state index contributed by atoms with van der Waals surface area (Å²) in [4.78, 5) is 23.8. The van der Waals surface area contributed by atoms with Gasteiger partial charge in [-0.1, -0.05) is 12.7 Å². The van der Waals surface area contributed by atoms with Gasteiger partial charge in [0.25, 0.3) is 5.91 Å². The van der Waals surface area contributed by atoms with E-state index in [4.69, 9.17) is 9.47 Å². The molecule has 0 aromatic heterocycles. The van der Waals surface area contributed by atoms with E-state index in [-0.39, 0.29) is 11.9 Å². The lowest BCUT2D eigenvalue weighted by Gasteiger charge is -2.08. The van der Waals surface area contributed by atoms with Gasteiger partial charge in [0, 0.05) is 11.3 Å². The monoisotopic (exact) mass is 325 g/mol. The van der Waals surface area contributed by atoms with Gasteiger partial charge in [0.1, 0.15) is 12.4 Å². The fraction of sp³-hybridized carbons (Fsp3) is 0.158. The average molecular weight is 325 g/mol. The van der Waals surface area contributed by atoms with Gasteiger partial charge in [-0.15, -0.1) is 0 Å². The van der Waals surface area contributed by atoms with Crippen molar-refractivity contribution in [3.8, 4) is 5.75 Å². The van der Waals surface area contributed by atoms with Crippen LogP contribution in [0.4, 0.5) is 5.69 Å². The number of amides is 1. The number of hydrogen-bond donors (Lipinski definition) is 1. The summed E-state index contributed by atoms with van der Waals surface area (Å²) in [6, 6.07) is 13.4. The smallest absolute Gasteiger partial charge is 0.338 e. The Morgan fingerprint density at radius 3 is 2.25 bits per heavy atom. The van der Waals surface area contributed by atoms with Gasteiger partial charge >= 0.3 is 5.97 Å². The average Bonchev–Trinajstić information content (AvgIpc) is 2.61. The maximum atomic E-state index is 12.2. The molecule has 2 aromatic rings. The number of benzene rings is 2. The van der Waals surface area contributed by atoms with E-state index >= 15 is 0 Å². The highest BCUT2D eigenvalue weighted by Gasteiger charge is 2.09. The van der Waals surface area contributed by atoms with E-state index in [0.717, 1.165) is 0 Å². The fourth-order valence-electron chi connectivity index (χ4n) is 1.97. The summed E-state index contributed by atoms with van der Waals surface area (Å²) < 4.78 is 10.3. The van der Waals surface area contributed by atoms with Crippen LogP contribution in [0.3, 0.4) is 0 Å². The molecule has 0 atom stereocenters. The second-order valence-corrected chi connectivity index (χ2v) is 4.88. The van der Waals surface area contributed by atoms with Crippen molar-refractivity contribution in [3.63, 3.8) is 0 Å². The third-order valence-electron chi connectivity index (χ3n) is 3.14. The second-order valence-electron chi connectivity index (χ2n) is 4.88. The second kappa shape index (κ2) is 8.53. The number of rotatable bonds is 7. The molecular weight excluding hydrogens is 306 g/mol. The standard InChI is InChI=1S/C19H19NO4/c1-3-13-24-17-11-7-14(8-12-17)18(21)20-16-9-5-15(6-10-16)19(22)23-4-2/h3,5-12H,1,4,13H2,2H3,(H,20,21). The van der Waals surface area contributed by atoms with Crippen LogP contribution in [0.2, 0.25) is 0 Å². The summed E-state index contributed by atoms with van der Waals surface area (Å²) in [6.07, 6.45) is 1.65. The molecule has 2 aromatic carbocycles. The maximum Gasteiger partial charge on any atom is 0.338 e. The van der Waals surface area contributed by atoms with Crippen LogP contribution in [0.1, 0.15) is 27.6 Å². The lowest BCUT2D eigenvalue weighted by molar-refractivity contribution is 0.0526. The largest absolute Gasteiger partial charge is 0.490 e. The quantitative estimate of drug-likeness (QED) is 0.623. The lowest BCUT2D eigenvalue weighted by Crippen LogP contribution is -2.12. The normalized spacial score (nSPS) is 9.88. The highest BCUT2D eigenvalue weighted by molar-refractivity contribution is 6.04. The molecule has 5 heteroatoms. The Hall–Kier alpha value is -3.08. The summed E-state index contributed by atoms with van der Waals surface area (Å²) in [5.41, 5.74) is 1.55. The topological polar surface area (TPSA) is 64.6 Å². The molecular formula is C19H19NO4. The van der Waals surface area contributed by atoms with Crippen LogP contribution in [0.25, 0.3) is 0 Å². The molecule has 1 N–H and O–H groups in total. The van der Waals surface area contributed by atoms with Crippen LogP contribution in [0.5, 0.6) is 5.75 Å². The molecule has 2 rings (SSSR count). The van der Waals surface area contributed by atoms with Crippen LogP contribution < -0.4 is 10.1 Å². The van der Waals surface area contributed by atoms with Crippen LogP contribution in [-0.2, 0) is 4.74 Å². The lowest BCUT2D eigenvalue weighted by atomic mass is 10.1. The third kappa shape index (κ3) is 4.71. The number of hydrogen-bond acceptors (Lipinski definition) is 4. The molecule has 0 spiro atoms. The Balaban J connectivity index is 1.98. The molecule has 0 fully saturated rings. The minimum absolute atomic E-state index is 0.242. The van der Waals surface area contributed by atoms with Gasteiger partial charge in [0.05, 0.1) is 12.2 Å². The summed E-state index contributed by atoms with van der Waals surface area (Å²) in [5.74, 6) is 0.0462. The summed E-state index contributed by atoms with van der Waals surface area (Å²) in [5, 5.41) is 2.77. The van der Waals surface area contributed by atoms with Crippen molar-refractivity contribution in [1.82, 2.24) is 0 Å². The molecule has 0 bridgehead atoms. The maximum absolute atomic E-state index is 12.2. The van der Waals surface area contributed by atoms with Crippen molar-refractivity contribution in [2.24, 2.45) is 0 Å². The van der Waals surface area contributed by atoms with Crippen molar-refractivity contribution in [2.45, 2.75) is 6.92 Å². The molecule has 0 aliphatic rings. The first kappa shape index (κ1) is 17.3.